The monoisotopic (exact) mass is 587 g/mol. The fraction of sp³-hybridized carbons (Fsp3) is 0.148. The third-order valence-electron chi connectivity index (χ3n) is 5.81. The van der Waals surface area contributed by atoms with Gasteiger partial charge in [-0.3, -0.25) is 9.35 Å². The molecule has 0 aliphatic rings. The molecule has 0 unspecified atom stereocenters. The van der Waals surface area contributed by atoms with Crippen LogP contribution < -0.4 is 10.1 Å². The Hall–Kier alpha value is -3.70. The molecule has 1 amide bonds. The van der Waals surface area contributed by atoms with Gasteiger partial charge >= 0.3 is 0 Å². The molecule has 3 N–H and O–H groups in total. The topological polar surface area (TPSA) is 138 Å². The lowest BCUT2D eigenvalue weighted by Crippen LogP contribution is -2.13. The van der Waals surface area contributed by atoms with Crippen LogP contribution in [0.15, 0.2) is 75.8 Å². The van der Waals surface area contributed by atoms with E-state index < -0.39 is 26.7 Å². The molecule has 0 fully saturated rings. The van der Waals surface area contributed by atoms with Gasteiger partial charge in [0.1, 0.15) is 27.0 Å². The van der Waals surface area contributed by atoms with Crippen molar-refractivity contribution in [2.75, 3.05) is 11.9 Å². The molecule has 202 valence electrons. The van der Waals surface area contributed by atoms with Gasteiger partial charge in [0.2, 0.25) is 0 Å². The third kappa shape index (κ3) is 5.84. The fourth-order valence-electron chi connectivity index (χ4n) is 3.98. The number of hydrogen-bond donors (Lipinski definition) is 3. The summed E-state index contributed by atoms with van der Waals surface area (Å²) in [6.07, 6.45) is 0.298. The largest absolute Gasteiger partial charge is 0.505 e. The number of phenolic OH excluding ortho intramolecular Hbond substituents is 1. The molecule has 0 atom stereocenters. The van der Waals surface area contributed by atoms with E-state index in [1.54, 1.807) is 56.3 Å². The Kier molecular flexibility index (Phi) is 8.41. The van der Waals surface area contributed by atoms with Crippen molar-refractivity contribution in [2.24, 2.45) is 10.2 Å². The Morgan fingerprint density at radius 1 is 1.00 bits per heavy atom. The van der Waals surface area contributed by atoms with Crippen LogP contribution in [-0.2, 0) is 16.5 Å². The van der Waals surface area contributed by atoms with E-state index in [2.05, 4.69) is 15.5 Å². The number of ether oxygens (including phenoxy) is 1. The molecule has 0 aliphatic heterocycles. The molecule has 12 heteroatoms. The molecule has 0 saturated heterocycles. The number of halogens is 2. The van der Waals surface area contributed by atoms with Crippen molar-refractivity contribution in [2.45, 2.75) is 25.2 Å². The summed E-state index contributed by atoms with van der Waals surface area (Å²) in [5, 5.41) is 22.9. The third-order valence-corrected chi connectivity index (χ3v) is 7.67. The number of carbonyl (C=O) groups is 1. The van der Waals surface area contributed by atoms with Crippen LogP contribution in [0.4, 0.5) is 17.1 Å². The molecule has 0 saturated carbocycles. The molecule has 4 rings (SSSR count). The number of nitrogens with zero attached hydrogens (tertiary/aromatic N) is 2. The molecular weight excluding hydrogens is 565 g/mol. The summed E-state index contributed by atoms with van der Waals surface area (Å²) in [5.41, 5.74) is 0.381. The summed E-state index contributed by atoms with van der Waals surface area (Å²) in [6.45, 7) is 3.90. The van der Waals surface area contributed by atoms with E-state index in [0.29, 0.717) is 35.1 Å². The number of aryl methyl sites for hydroxylation is 1. The SMILES string of the molecule is CCOc1cccc(NC(=O)c2cc3ccccc3c(N=Nc3ccc(CC)c(S(=O)(=O)O)c3Cl)c2O)c1Cl. The van der Waals surface area contributed by atoms with Crippen molar-refractivity contribution in [1.29, 1.82) is 0 Å². The van der Waals surface area contributed by atoms with E-state index in [1.807, 2.05) is 0 Å². The number of fused-ring (bicyclic) bond motifs is 1. The number of nitrogens with one attached hydrogen (secondary N) is 1. The first kappa shape index (κ1) is 28.3. The Morgan fingerprint density at radius 2 is 1.74 bits per heavy atom. The van der Waals surface area contributed by atoms with Gasteiger partial charge in [-0.05, 0) is 48.6 Å². The number of rotatable bonds is 8. The second kappa shape index (κ2) is 11.6. The highest BCUT2D eigenvalue weighted by atomic mass is 35.5. The van der Waals surface area contributed by atoms with Crippen molar-refractivity contribution < 1.29 is 27.6 Å². The van der Waals surface area contributed by atoms with Crippen LogP contribution in [-0.4, -0.2) is 30.6 Å². The average molecular weight is 588 g/mol. The Morgan fingerprint density at radius 3 is 2.44 bits per heavy atom. The van der Waals surface area contributed by atoms with Crippen molar-refractivity contribution >= 4 is 67.1 Å². The summed E-state index contributed by atoms with van der Waals surface area (Å²) in [6, 6.07) is 16.2. The molecule has 0 aromatic heterocycles. The highest BCUT2D eigenvalue weighted by molar-refractivity contribution is 7.86. The standard InChI is InChI=1S/C27H23Cl2N3O6S/c1-3-15-12-13-20(23(29)26(15)39(35,36)37)31-32-24-17-9-6-5-8-16(17)14-18(25(24)33)27(34)30-19-10-7-11-21(22(19)28)38-4-2/h5-14,33H,3-4H2,1-2H3,(H,30,34)(H,35,36,37). The Balaban J connectivity index is 1.80. The minimum atomic E-state index is -4.64. The van der Waals surface area contributed by atoms with Gasteiger partial charge in [0.25, 0.3) is 16.0 Å². The van der Waals surface area contributed by atoms with E-state index in [4.69, 9.17) is 27.9 Å². The van der Waals surface area contributed by atoms with Crippen LogP contribution >= 0.6 is 23.2 Å². The molecule has 0 radical (unpaired) electrons. The molecule has 0 aliphatic carbocycles. The van der Waals surface area contributed by atoms with Gasteiger partial charge in [-0.1, -0.05) is 66.5 Å². The predicted molar refractivity (Wildman–Crippen MR) is 151 cm³/mol. The quantitative estimate of drug-likeness (QED) is 0.142. The second-order valence-electron chi connectivity index (χ2n) is 8.26. The van der Waals surface area contributed by atoms with Crippen molar-refractivity contribution in [3.63, 3.8) is 0 Å². The first-order valence-corrected chi connectivity index (χ1v) is 13.9. The smallest absolute Gasteiger partial charge is 0.296 e. The molecule has 0 spiro atoms. The zero-order chi connectivity index (χ0) is 28.3. The van der Waals surface area contributed by atoms with E-state index in [-0.39, 0.29) is 32.7 Å². The molecule has 4 aromatic carbocycles. The Bertz CT molecular complexity index is 1720. The maximum Gasteiger partial charge on any atom is 0.296 e. The number of carbonyl (C=O) groups excluding carboxylic acids is 1. The first-order chi connectivity index (χ1) is 18.6. The van der Waals surface area contributed by atoms with Crippen LogP contribution in [0.1, 0.15) is 29.8 Å². The van der Waals surface area contributed by atoms with Crippen molar-refractivity contribution in [3.05, 3.63) is 81.8 Å². The maximum atomic E-state index is 13.2. The number of benzene rings is 4. The Labute approximate surface area is 234 Å². The van der Waals surface area contributed by atoms with Crippen LogP contribution in [0, 0.1) is 0 Å². The lowest BCUT2D eigenvalue weighted by Gasteiger charge is -2.13. The number of azo groups is 1. The van der Waals surface area contributed by atoms with E-state index >= 15 is 0 Å². The van der Waals surface area contributed by atoms with Crippen molar-refractivity contribution in [1.82, 2.24) is 0 Å². The first-order valence-electron chi connectivity index (χ1n) is 11.7. The highest BCUT2D eigenvalue weighted by Crippen LogP contribution is 2.42. The summed E-state index contributed by atoms with van der Waals surface area (Å²) in [5.74, 6) is -0.739. The van der Waals surface area contributed by atoms with E-state index in [0.717, 1.165) is 0 Å². The van der Waals surface area contributed by atoms with Gasteiger partial charge < -0.3 is 15.2 Å². The van der Waals surface area contributed by atoms with E-state index in [1.165, 1.54) is 18.2 Å². The minimum Gasteiger partial charge on any atom is -0.505 e. The van der Waals surface area contributed by atoms with Crippen LogP contribution in [0.3, 0.4) is 0 Å². The predicted octanol–water partition coefficient (Wildman–Crippen LogP) is 7.73. The second-order valence-corrected chi connectivity index (χ2v) is 10.4. The zero-order valence-electron chi connectivity index (χ0n) is 20.8. The maximum absolute atomic E-state index is 13.2. The number of hydrogen-bond acceptors (Lipinski definition) is 7. The van der Waals surface area contributed by atoms with Crippen LogP contribution in [0.5, 0.6) is 11.5 Å². The minimum absolute atomic E-state index is 0.0449. The normalized spacial score (nSPS) is 11.7. The van der Waals surface area contributed by atoms with Gasteiger partial charge in [-0.25, -0.2) is 0 Å². The lowest BCUT2D eigenvalue weighted by molar-refractivity contribution is 0.102. The molecule has 4 aromatic rings. The summed E-state index contributed by atoms with van der Waals surface area (Å²) in [7, 11) is -4.64. The van der Waals surface area contributed by atoms with Crippen molar-refractivity contribution in [3.8, 4) is 11.5 Å². The zero-order valence-corrected chi connectivity index (χ0v) is 23.1. The molecule has 0 bridgehead atoms. The number of amides is 1. The highest BCUT2D eigenvalue weighted by Gasteiger charge is 2.23. The number of aromatic hydroxyl groups is 1. The molecule has 9 nitrogen and oxygen atoms in total. The summed E-state index contributed by atoms with van der Waals surface area (Å²) >= 11 is 12.7. The number of anilines is 1. The summed E-state index contributed by atoms with van der Waals surface area (Å²) in [4.78, 5) is 12.8. The van der Waals surface area contributed by atoms with E-state index in [9.17, 15) is 22.9 Å². The van der Waals surface area contributed by atoms with Gasteiger partial charge in [0.05, 0.1) is 22.9 Å². The van der Waals surface area contributed by atoms with Gasteiger partial charge in [-0.2, -0.15) is 8.42 Å². The molecule has 0 heterocycles. The lowest BCUT2D eigenvalue weighted by atomic mass is 10.0. The molecular formula is C27H23Cl2N3O6S. The average Bonchev–Trinajstić information content (AvgIpc) is 2.90. The molecule has 39 heavy (non-hydrogen) atoms. The van der Waals surface area contributed by atoms with Gasteiger partial charge in [0, 0.05) is 5.39 Å². The number of phenols is 1. The van der Waals surface area contributed by atoms with Gasteiger partial charge in [-0.15, -0.1) is 10.2 Å². The fourth-order valence-corrected chi connectivity index (χ4v) is 5.60. The van der Waals surface area contributed by atoms with Gasteiger partial charge in [0.15, 0.2) is 5.75 Å². The van der Waals surface area contributed by atoms with Crippen LogP contribution in [0.2, 0.25) is 10.0 Å². The van der Waals surface area contributed by atoms with Crippen LogP contribution in [0.25, 0.3) is 10.8 Å². The summed E-state index contributed by atoms with van der Waals surface area (Å²) < 4.78 is 39.0.